The number of halogens is 1. The van der Waals surface area contributed by atoms with Gasteiger partial charge < -0.3 is 10.1 Å². The Kier molecular flexibility index (Phi) is 2.99. The van der Waals surface area contributed by atoms with Crippen LogP contribution in [0.4, 0.5) is 10.1 Å². The Morgan fingerprint density at radius 2 is 2.14 bits per heavy atom. The van der Waals surface area contributed by atoms with Crippen LogP contribution in [-0.4, -0.2) is 19.8 Å². The van der Waals surface area contributed by atoms with Gasteiger partial charge in [0.1, 0.15) is 5.82 Å². The Bertz CT molecular complexity index is 280. The number of benzene rings is 1. The topological polar surface area (TPSA) is 21.3 Å². The maximum Gasteiger partial charge on any atom is 0.123 e. The van der Waals surface area contributed by atoms with E-state index in [0.29, 0.717) is 5.92 Å². The fraction of sp³-hybridized carbons (Fsp3) is 0.455. The number of hydrogen-bond donors (Lipinski definition) is 1. The van der Waals surface area contributed by atoms with Crippen LogP contribution in [0.1, 0.15) is 6.42 Å². The van der Waals surface area contributed by atoms with Crippen LogP contribution in [0.15, 0.2) is 24.3 Å². The molecule has 1 aromatic rings. The van der Waals surface area contributed by atoms with Gasteiger partial charge in [0.05, 0.1) is 6.61 Å². The summed E-state index contributed by atoms with van der Waals surface area (Å²) >= 11 is 0. The van der Waals surface area contributed by atoms with E-state index in [9.17, 15) is 4.39 Å². The number of nitrogens with one attached hydrogen (secondary N) is 1. The van der Waals surface area contributed by atoms with E-state index >= 15 is 0 Å². The molecule has 3 heteroatoms. The van der Waals surface area contributed by atoms with E-state index in [1.165, 1.54) is 12.1 Å². The largest absolute Gasteiger partial charge is 0.385 e. The lowest BCUT2D eigenvalue weighted by Crippen LogP contribution is -2.13. The molecular formula is C11H14FNO. The van der Waals surface area contributed by atoms with Crippen LogP contribution < -0.4 is 5.32 Å². The molecule has 76 valence electrons. The molecule has 1 aromatic carbocycles. The van der Waals surface area contributed by atoms with Gasteiger partial charge in [-0.05, 0) is 30.7 Å². The van der Waals surface area contributed by atoms with Crippen LogP contribution >= 0.6 is 0 Å². The van der Waals surface area contributed by atoms with Crippen molar-refractivity contribution in [1.29, 1.82) is 0 Å². The van der Waals surface area contributed by atoms with Gasteiger partial charge in [-0.2, -0.15) is 0 Å². The summed E-state index contributed by atoms with van der Waals surface area (Å²) in [4.78, 5) is 0. The summed E-state index contributed by atoms with van der Waals surface area (Å²) in [6, 6.07) is 6.44. The van der Waals surface area contributed by atoms with Crippen LogP contribution in [0.5, 0.6) is 0 Å². The minimum absolute atomic E-state index is 0.195. The highest BCUT2D eigenvalue weighted by molar-refractivity contribution is 5.42. The fourth-order valence-electron chi connectivity index (χ4n) is 1.57. The highest BCUT2D eigenvalue weighted by Crippen LogP contribution is 2.14. The van der Waals surface area contributed by atoms with E-state index in [1.54, 1.807) is 12.1 Å². The zero-order valence-corrected chi connectivity index (χ0v) is 8.00. The van der Waals surface area contributed by atoms with Crippen LogP contribution in [-0.2, 0) is 4.74 Å². The molecule has 1 heterocycles. The highest BCUT2D eigenvalue weighted by Gasteiger charge is 2.14. The van der Waals surface area contributed by atoms with Crippen LogP contribution in [0, 0.1) is 11.7 Å². The van der Waals surface area contributed by atoms with Crippen molar-refractivity contribution in [2.24, 2.45) is 5.92 Å². The lowest BCUT2D eigenvalue weighted by atomic mass is 10.1. The second-order valence-corrected chi connectivity index (χ2v) is 3.62. The Labute approximate surface area is 83.1 Å². The van der Waals surface area contributed by atoms with Gasteiger partial charge in [0.2, 0.25) is 0 Å². The van der Waals surface area contributed by atoms with E-state index in [1.807, 2.05) is 0 Å². The first kappa shape index (κ1) is 9.46. The van der Waals surface area contributed by atoms with Crippen LogP contribution in [0.2, 0.25) is 0 Å². The molecule has 2 rings (SSSR count). The normalized spacial score (nSPS) is 21.1. The molecule has 0 radical (unpaired) electrons. The summed E-state index contributed by atoms with van der Waals surface area (Å²) in [5.74, 6) is 0.403. The van der Waals surface area contributed by atoms with E-state index in [4.69, 9.17) is 4.74 Å². The quantitative estimate of drug-likeness (QED) is 0.798. The summed E-state index contributed by atoms with van der Waals surface area (Å²) in [5.41, 5.74) is 0.971. The van der Waals surface area contributed by atoms with Gasteiger partial charge in [-0.25, -0.2) is 4.39 Å². The van der Waals surface area contributed by atoms with Gasteiger partial charge in [0.25, 0.3) is 0 Å². The van der Waals surface area contributed by atoms with Gasteiger partial charge in [0, 0.05) is 24.8 Å². The number of hydrogen-bond acceptors (Lipinski definition) is 2. The van der Waals surface area contributed by atoms with E-state index in [0.717, 1.165) is 31.9 Å². The maximum atomic E-state index is 12.6. The lowest BCUT2D eigenvalue weighted by Gasteiger charge is -2.10. The van der Waals surface area contributed by atoms with Gasteiger partial charge in [0.15, 0.2) is 0 Å². The van der Waals surface area contributed by atoms with Crippen molar-refractivity contribution < 1.29 is 9.13 Å². The molecule has 0 aromatic heterocycles. The number of ether oxygens (including phenoxy) is 1. The third-order valence-corrected chi connectivity index (χ3v) is 2.46. The molecule has 1 unspecified atom stereocenters. The zero-order chi connectivity index (χ0) is 9.80. The third kappa shape index (κ3) is 2.45. The van der Waals surface area contributed by atoms with Gasteiger partial charge in [-0.3, -0.25) is 0 Å². The average Bonchev–Trinajstić information content (AvgIpc) is 2.70. The summed E-state index contributed by atoms with van der Waals surface area (Å²) in [6.07, 6.45) is 1.12. The van der Waals surface area contributed by atoms with Crippen LogP contribution in [0.25, 0.3) is 0 Å². The molecule has 14 heavy (non-hydrogen) atoms. The Balaban J connectivity index is 1.82. The molecule has 1 aliphatic heterocycles. The fourth-order valence-corrected chi connectivity index (χ4v) is 1.57. The number of anilines is 1. The van der Waals surface area contributed by atoms with E-state index in [-0.39, 0.29) is 5.82 Å². The summed E-state index contributed by atoms with van der Waals surface area (Å²) in [7, 11) is 0. The molecule has 0 amide bonds. The standard InChI is InChI=1S/C11H14FNO/c12-10-1-3-11(4-2-10)13-7-9-5-6-14-8-9/h1-4,9,13H,5-8H2. The predicted octanol–water partition coefficient (Wildman–Crippen LogP) is 2.27. The van der Waals surface area contributed by atoms with E-state index < -0.39 is 0 Å². The molecule has 1 saturated heterocycles. The Morgan fingerprint density at radius 3 is 2.79 bits per heavy atom. The first-order valence-corrected chi connectivity index (χ1v) is 4.92. The third-order valence-electron chi connectivity index (χ3n) is 2.46. The zero-order valence-electron chi connectivity index (χ0n) is 8.00. The SMILES string of the molecule is Fc1ccc(NCC2CCOC2)cc1. The van der Waals surface area contributed by atoms with Crippen LogP contribution in [0.3, 0.4) is 0 Å². The Morgan fingerprint density at radius 1 is 1.36 bits per heavy atom. The predicted molar refractivity (Wildman–Crippen MR) is 53.8 cm³/mol. The molecule has 0 aliphatic carbocycles. The summed E-state index contributed by atoms with van der Waals surface area (Å²) in [6.45, 7) is 2.62. The second-order valence-electron chi connectivity index (χ2n) is 3.62. The van der Waals surface area contributed by atoms with Crippen molar-refractivity contribution in [3.8, 4) is 0 Å². The molecular weight excluding hydrogens is 181 g/mol. The van der Waals surface area contributed by atoms with Gasteiger partial charge >= 0.3 is 0 Å². The molecule has 1 fully saturated rings. The summed E-state index contributed by atoms with van der Waals surface area (Å²) in [5, 5.41) is 3.27. The second kappa shape index (κ2) is 4.42. The van der Waals surface area contributed by atoms with E-state index in [2.05, 4.69) is 5.32 Å². The molecule has 0 bridgehead atoms. The van der Waals surface area contributed by atoms with Crippen molar-refractivity contribution in [2.45, 2.75) is 6.42 Å². The molecule has 1 atom stereocenters. The molecule has 0 spiro atoms. The molecule has 1 N–H and O–H groups in total. The molecule has 2 nitrogen and oxygen atoms in total. The van der Waals surface area contributed by atoms with Crippen molar-refractivity contribution >= 4 is 5.69 Å². The monoisotopic (exact) mass is 195 g/mol. The number of rotatable bonds is 3. The average molecular weight is 195 g/mol. The minimum atomic E-state index is -0.195. The first-order valence-electron chi connectivity index (χ1n) is 4.92. The smallest absolute Gasteiger partial charge is 0.123 e. The first-order chi connectivity index (χ1) is 6.84. The van der Waals surface area contributed by atoms with Crippen molar-refractivity contribution in [2.75, 3.05) is 25.1 Å². The van der Waals surface area contributed by atoms with Crippen molar-refractivity contribution in [3.63, 3.8) is 0 Å². The maximum absolute atomic E-state index is 12.6. The summed E-state index contributed by atoms with van der Waals surface area (Å²) < 4.78 is 17.8. The van der Waals surface area contributed by atoms with Crippen molar-refractivity contribution in [1.82, 2.24) is 0 Å². The highest BCUT2D eigenvalue weighted by atomic mass is 19.1. The van der Waals surface area contributed by atoms with Gasteiger partial charge in [-0.1, -0.05) is 0 Å². The van der Waals surface area contributed by atoms with Gasteiger partial charge in [-0.15, -0.1) is 0 Å². The minimum Gasteiger partial charge on any atom is -0.385 e. The molecule has 1 aliphatic rings. The Hall–Kier alpha value is -1.09. The lowest BCUT2D eigenvalue weighted by molar-refractivity contribution is 0.187. The molecule has 0 saturated carbocycles. The van der Waals surface area contributed by atoms with Crippen molar-refractivity contribution in [3.05, 3.63) is 30.1 Å².